The van der Waals surface area contributed by atoms with Crippen LogP contribution in [-0.2, 0) is 0 Å². The van der Waals surface area contributed by atoms with Crippen molar-refractivity contribution in [2.75, 3.05) is 0 Å². The third-order valence-electron chi connectivity index (χ3n) is 2.43. The Morgan fingerprint density at radius 3 is 2.93 bits per heavy atom. The van der Waals surface area contributed by atoms with Crippen molar-refractivity contribution in [1.29, 1.82) is 0 Å². The number of rotatable bonds is 2. The van der Waals surface area contributed by atoms with Gasteiger partial charge in [-0.1, -0.05) is 24.3 Å². The van der Waals surface area contributed by atoms with Crippen LogP contribution in [-0.4, -0.2) is 11.0 Å². The van der Waals surface area contributed by atoms with Gasteiger partial charge in [0.15, 0.2) is 5.06 Å². The highest BCUT2D eigenvalue weighted by Gasteiger charge is 2.21. The molecule has 0 bridgehead atoms. The summed E-state index contributed by atoms with van der Waals surface area (Å²) < 4.78 is 0. The van der Waals surface area contributed by atoms with Gasteiger partial charge in [-0.2, -0.15) is 0 Å². The number of thiophene rings is 1. The van der Waals surface area contributed by atoms with E-state index >= 15 is 0 Å². The lowest BCUT2D eigenvalue weighted by atomic mass is 9.91. The van der Waals surface area contributed by atoms with E-state index in [1.54, 1.807) is 5.38 Å². The molecule has 1 unspecified atom stereocenters. The van der Waals surface area contributed by atoms with Gasteiger partial charge in [0.05, 0.1) is 5.56 Å². The van der Waals surface area contributed by atoms with Gasteiger partial charge in [-0.25, -0.2) is 0 Å². The minimum atomic E-state index is -0.563. The highest BCUT2D eigenvalue weighted by Crippen LogP contribution is 2.36. The van der Waals surface area contributed by atoms with Crippen molar-refractivity contribution in [3.05, 3.63) is 40.8 Å². The molecular weight excluding hydrogens is 210 g/mol. The van der Waals surface area contributed by atoms with Crippen LogP contribution in [0.2, 0.25) is 0 Å². The number of nitrogens with two attached hydrogens (primary N) is 1. The molecule has 1 aliphatic rings. The summed E-state index contributed by atoms with van der Waals surface area (Å²) in [6.45, 7) is 0. The van der Waals surface area contributed by atoms with Gasteiger partial charge >= 0.3 is 0 Å². The zero-order valence-electron chi connectivity index (χ0n) is 8.01. The van der Waals surface area contributed by atoms with Crippen molar-refractivity contribution in [2.45, 2.75) is 12.3 Å². The van der Waals surface area contributed by atoms with Crippen molar-refractivity contribution >= 4 is 17.2 Å². The molecule has 0 aromatic carbocycles. The number of carbonyl (C=O) groups is 1. The average Bonchev–Trinajstić information content (AvgIpc) is 2.61. The fourth-order valence-electron chi connectivity index (χ4n) is 1.69. The highest BCUT2D eigenvalue weighted by molar-refractivity contribution is 7.12. The van der Waals surface area contributed by atoms with E-state index in [0.717, 1.165) is 23.3 Å². The summed E-state index contributed by atoms with van der Waals surface area (Å²) in [5.74, 6) is -0.415. The molecule has 15 heavy (non-hydrogen) atoms. The molecule has 0 aliphatic heterocycles. The molecule has 1 aromatic heterocycles. The summed E-state index contributed by atoms with van der Waals surface area (Å²) in [6.07, 6.45) is 8.78. The van der Waals surface area contributed by atoms with Gasteiger partial charge in [-0.15, -0.1) is 11.3 Å². The summed E-state index contributed by atoms with van der Waals surface area (Å²) in [5, 5.41) is 11.3. The van der Waals surface area contributed by atoms with E-state index in [0.29, 0.717) is 0 Å². The maximum atomic E-state index is 11.2. The monoisotopic (exact) mass is 221 g/mol. The summed E-state index contributed by atoms with van der Waals surface area (Å²) in [5.41, 5.74) is 6.33. The molecule has 1 amide bonds. The first-order valence-corrected chi connectivity index (χ1v) is 5.51. The number of amides is 1. The Balaban J connectivity index is 2.40. The van der Waals surface area contributed by atoms with Crippen LogP contribution in [0.3, 0.4) is 0 Å². The SMILES string of the molecule is NC(=O)c1c(C2C=CC=CC2)csc1O. The van der Waals surface area contributed by atoms with Crippen LogP contribution >= 0.6 is 11.3 Å². The molecule has 1 heterocycles. The molecule has 0 saturated heterocycles. The normalized spacial score (nSPS) is 19.3. The lowest BCUT2D eigenvalue weighted by Crippen LogP contribution is -2.13. The van der Waals surface area contributed by atoms with E-state index in [-0.39, 0.29) is 16.5 Å². The zero-order valence-corrected chi connectivity index (χ0v) is 8.83. The minimum Gasteiger partial charge on any atom is -0.499 e. The van der Waals surface area contributed by atoms with Gasteiger partial charge < -0.3 is 10.8 Å². The molecule has 4 heteroatoms. The van der Waals surface area contributed by atoms with Crippen molar-refractivity contribution in [1.82, 2.24) is 0 Å². The number of primary amides is 1. The molecule has 0 spiro atoms. The largest absolute Gasteiger partial charge is 0.499 e. The third-order valence-corrected chi connectivity index (χ3v) is 3.23. The first-order chi connectivity index (χ1) is 7.20. The summed E-state index contributed by atoms with van der Waals surface area (Å²) in [6, 6.07) is 0. The third kappa shape index (κ3) is 1.80. The number of carbonyl (C=O) groups excluding carboxylic acids is 1. The molecule has 0 radical (unpaired) electrons. The van der Waals surface area contributed by atoms with Crippen molar-refractivity contribution in [2.24, 2.45) is 5.73 Å². The van der Waals surface area contributed by atoms with Crippen LogP contribution < -0.4 is 5.73 Å². The van der Waals surface area contributed by atoms with Crippen molar-refractivity contribution in [3.8, 4) is 5.06 Å². The van der Waals surface area contributed by atoms with Crippen LogP contribution in [0, 0.1) is 0 Å². The Kier molecular flexibility index (Phi) is 2.60. The van der Waals surface area contributed by atoms with E-state index < -0.39 is 5.91 Å². The summed E-state index contributed by atoms with van der Waals surface area (Å²) in [4.78, 5) is 11.2. The van der Waals surface area contributed by atoms with Gasteiger partial charge in [0.2, 0.25) is 0 Å². The quantitative estimate of drug-likeness (QED) is 0.803. The fraction of sp³-hybridized carbons (Fsp3) is 0.182. The molecule has 3 nitrogen and oxygen atoms in total. The van der Waals surface area contributed by atoms with E-state index in [4.69, 9.17) is 5.73 Å². The van der Waals surface area contributed by atoms with Gasteiger partial charge in [0.25, 0.3) is 5.91 Å². The van der Waals surface area contributed by atoms with Crippen molar-refractivity contribution in [3.63, 3.8) is 0 Å². The maximum absolute atomic E-state index is 11.2. The Morgan fingerprint density at radius 1 is 1.53 bits per heavy atom. The Labute approximate surface area is 91.5 Å². The van der Waals surface area contributed by atoms with Gasteiger partial charge in [-0.05, 0) is 17.4 Å². The second kappa shape index (κ2) is 3.90. The molecule has 2 rings (SSSR count). The molecule has 1 aromatic rings. The Bertz CT molecular complexity index is 445. The predicted octanol–water partition coefficient (Wildman–Crippen LogP) is 2.15. The molecule has 0 fully saturated rings. The highest BCUT2D eigenvalue weighted by atomic mass is 32.1. The number of hydrogen-bond donors (Lipinski definition) is 2. The summed E-state index contributed by atoms with van der Waals surface area (Å²) in [7, 11) is 0. The maximum Gasteiger partial charge on any atom is 0.253 e. The molecule has 0 saturated carbocycles. The van der Waals surface area contributed by atoms with Crippen LogP contribution in [0.5, 0.6) is 5.06 Å². The molecule has 1 atom stereocenters. The molecule has 3 N–H and O–H groups in total. The van der Waals surface area contributed by atoms with Crippen LogP contribution in [0.1, 0.15) is 28.3 Å². The van der Waals surface area contributed by atoms with E-state index in [1.807, 2.05) is 24.3 Å². The molecule has 1 aliphatic carbocycles. The van der Waals surface area contributed by atoms with Crippen LogP contribution in [0.4, 0.5) is 0 Å². The second-order valence-corrected chi connectivity index (χ2v) is 4.25. The zero-order chi connectivity index (χ0) is 10.8. The molecular formula is C11H11NO2S. The van der Waals surface area contributed by atoms with Crippen molar-refractivity contribution < 1.29 is 9.90 Å². The van der Waals surface area contributed by atoms with E-state index in [2.05, 4.69) is 0 Å². The van der Waals surface area contributed by atoms with Crippen LogP contribution in [0.25, 0.3) is 0 Å². The second-order valence-electron chi connectivity index (χ2n) is 3.39. The smallest absolute Gasteiger partial charge is 0.253 e. The lowest BCUT2D eigenvalue weighted by molar-refractivity contribution is 0.0997. The fourth-order valence-corrected chi connectivity index (χ4v) is 2.56. The minimum absolute atomic E-state index is 0.0143. The number of allylic oxidation sites excluding steroid dienone is 4. The Morgan fingerprint density at radius 2 is 2.33 bits per heavy atom. The van der Waals surface area contributed by atoms with Crippen LogP contribution in [0.15, 0.2) is 29.7 Å². The lowest BCUT2D eigenvalue weighted by Gasteiger charge is -2.12. The first-order valence-electron chi connectivity index (χ1n) is 4.63. The summed E-state index contributed by atoms with van der Waals surface area (Å²) >= 11 is 1.15. The Hall–Kier alpha value is -1.55. The number of aromatic hydroxyl groups is 1. The average molecular weight is 221 g/mol. The standard InChI is InChI=1S/C11H11NO2S/c12-10(13)9-8(6-15-11(9)14)7-4-2-1-3-5-7/h1-4,6-7,14H,5H2,(H2,12,13). The van der Waals surface area contributed by atoms with Gasteiger partial charge in [0.1, 0.15) is 0 Å². The number of hydrogen-bond acceptors (Lipinski definition) is 3. The van der Waals surface area contributed by atoms with E-state index in [9.17, 15) is 9.90 Å². The van der Waals surface area contributed by atoms with Gasteiger partial charge in [-0.3, -0.25) is 4.79 Å². The topological polar surface area (TPSA) is 63.3 Å². The predicted molar refractivity (Wildman–Crippen MR) is 60.1 cm³/mol. The van der Waals surface area contributed by atoms with E-state index in [1.165, 1.54) is 0 Å². The first kappa shape index (κ1) is 9.98. The molecule has 78 valence electrons. The van der Waals surface area contributed by atoms with Gasteiger partial charge in [0, 0.05) is 5.92 Å².